The zero-order valence-corrected chi connectivity index (χ0v) is 23.1. The molecule has 0 bridgehead atoms. The molecule has 0 fully saturated rings. The van der Waals surface area contributed by atoms with Crippen LogP contribution in [-0.2, 0) is 6.42 Å². The number of nitrogens with two attached hydrogens (primary N) is 1. The minimum absolute atomic E-state index is 0.157. The highest BCUT2D eigenvalue weighted by Crippen LogP contribution is 2.33. The van der Waals surface area contributed by atoms with Gasteiger partial charge in [-0.15, -0.1) is 0 Å². The van der Waals surface area contributed by atoms with Gasteiger partial charge in [0, 0.05) is 29.6 Å². The lowest BCUT2D eigenvalue weighted by molar-refractivity contribution is -0.529. The average molecular weight is 533 g/mol. The van der Waals surface area contributed by atoms with Crippen molar-refractivity contribution >= 4 is 46.1 Å². The fraction of sp³-hybridized carbons (Fsp3) is 0.310. The van der Waals surface area contributed by atoms with Crippen LogP contribution >= 0.6 is 11.6 Å². The molecule has 0 unspecified atom stereocenters. The summed E-state index contributed by atoms with van der Waals surface area (Å²) in [6.07, 6.45) is 4.07. The van der Waals surface area contributed by atoms with Gasteiger partial charge in [-0.05, 0) is 82.2 Å². The van der Waals surface area contributed by atoms with Gasteiger partial charge in [-0.3, -0.25) is 4.79 Å². The Morgan fingerprint density at radius 3 is 2.68 bits per heavy atom. The molecule has 0 aliphatic heterocycles. The van der Waals surface area contributed by atoms with Crippen molar-refractivity contribution < 1.29 is 10.1 Å². The fourth-order valence-electron chi connectivity index (χ4n) is 4.57. The van der Waals surface area contributed by atoms with E-state index in [9.17, 15) is 4.79 Å². The zero-order valence-electron chi connectivity index (χ0n) is 22.4. The van der Waals surface area contributed by atoms with Crippen molar-refractivity contribution in [3.63, 3.8) is 0 Å². The molecule has 0 radical (unpaired) electrons. The number of aryl methyl sites for hydroxylation is 2. The molecule has 1 aromatic heterocycles. The Hall–Kier alpha value is -3.59. The van der Waals surface area contributed by atoms with Crippen molar-refractivity contribution in [2.45, 2.75) is 26.2 Å². The number of fused-ring (bicyclic) bond motifs is 1. The fourth-order valence-corrected chi connectivity index (χ4v) is 4.80. The largest absolute Gasteiger partial charge is 0.352 e. The summed E-state index contributed by atoms with van der Waals surface area (Å²) >= 11 is 6.54. The molecule has 3 aromatic rings. The van der Waals surface area contributed by atoms with Crippen LogP contribution in [0.4, 0.5) is 11.6 Å². The summed E-state index contributed by atoms with van der Waals surface area (Å²) in [5.41, 5.74) is 7.52. The van der Waals surface area contributed by atoms with E-state index in [1.54, 1.807) is 18.2 Å². The number of quaternary nitrogens is 1. The Balaban J connectivity index is 1.59. The molecule has 1 aliphatic rings. The lowest BCUT2D eigenvalue weighted by Crippen LogP contribution is -2.76. The second-order valence-corrected chi connectivity index (χ2v) is 10.1. The molecule has 0 spiro atoms. The second-order valence-electron chi connectivity index (χ2n) is 9.67. The van der Waals surface area contributed by atoms with E-state index in [0.29, 0.717) is 40.9 Å². The van der Waals surface area contributed by atoms with E-state index < -0.39 is 0 Å². The number of benzene rings is 2. The first-order chi connectivity index (χ1) is 18.3. The highest BCUT2D eigenvalue weighted by Gasteiger charge is 2.28. The number of carbonyl (C=O) groups is 1. The molecule has 1 heterocycles. The molecule has 38 heavy (non-hydrogen) atoms. The third kappa shape index (κ3) is 6.27. The number of hydrogen-bond donors (Lipinski definition) is 4. The van der Waals surface area contributed by atoms with E-state index in [1.807, 2.05) is 39.5 Å². The third-order valence-corrected chi connectivity index (χ3v) is 6.90. The lowest BCUT2D eigenvalue weighted by atomic mass is 9.87. The van der Waals surface area contributed by atoms with Gasteiger partial charge in [0.2, 0.25) is 5.95 Å². The van der Waals surface area contributed by atoms with Crippen LogP contribution in [0.25, 0.3) is 11.3 Å². The van der Waals surface area contributed by atoms with Gasteiger partial charge < -0.3 is 26.3 Å². The number of carbonyl (C=O) groups excluding carboxylic acids is 1. The predicted molar refractivity (Wildman–Crippen MR) is 154 cm³/mol. The molecule has 1 amide bonds. The van der Waals surface area contributed by atoms with Crippen LogP contribution in [0.2, 0.25) is 5.02 Å². The van der Waals surface area contributed by atoms with Crippen molar-refractivity contribution in [2.75, 3.05) is 39.5 Å². The topological polar surface area (TPSA) is 111 Å². The summed E-state index contributed by atoms with van der Waals surface area (Å²) in [4.78, 5) is 24.0. The molecular weight excluding hydrogens is 498 g/mol. The minimum atomic E-state index is -0.157. The molecule has 2 aromatic carbocycles. The zero-order chi connectivity index (χ0) is 27.2. The van der Waals surface area contributed by atoms with Crippen molar-refractivity contribution in [3.05, 3.63) is 81.6 Å². The van der Waals surface area contributed by atoms with Crippen molar-refractivity contribution in [1.29, 1.82) is 5.41 Å². The first kappa shape index (κ1) is 27.4. The van der Waals surface area contributed by atoms with Crippen LogP contribution in [0.1, 0.15) is 45.6 Å². The quantitative estimate of drug-likeness (QED) is 0.312. The molecule has 0 saturated carbocycles. The van der Waals surface area contributed by atoms with E-state index in [2.05, 4.69) is 44.9 Å². The highest BCUT2D eigenvalue weighted by molar-refractivity contribution is 6.33. The smallest absolute Gasteiger partial charge is 0.251 e. The molecule has 8 nitrogen and oxygen atoms in total. The minimum Gasteiger partial charge on any atom is -0.352 e. The Morgan fingerprint density at radius 2 is 1.97 bits per heavy atom. The molecule has 0 atom stereocenters. The maximum absolute atomic E-state index is 12.5. The van der Waals surface area contributed by atoms with Gasteiger partial charge in [-0.1, -0.05) is 29.8 Å². The number of nitrogens with one attached hydrogen (secondary N) is 3. The summed E-state index contributed by atoms with van der Waals surface area (Å²) < 4.78 is 0. The van der Waals surface area contributed by atoms with Crippen LogP contribution in [0.5, 0.6) is 0 Å². The SMILES string of the molecule is C[NH2+]/C(=C1\C(=N)CCc2cnc(Nc3ccc(C(=O)NCCCN(C)C)cc3Cl)nc21)c1ccccc1C. The van der Waals surface area contributed by atoms with Gasteiger partial charge in [0.25, 0.3) is 5.91 Å². The number of aromatic nitrogens is 2. The molecular formula is C29H35ClN7O+. The van der Waals surface area contributed by atoms with Crippen LogP contribution < -0.4 is 16.0 Å². The van der Waals surface area contributed by atoms with Crippen molar-refractivity contribution in [2.24, 2.45) is 0 Å². The van der Waals surface area contributed by atoms with Crippen LogP contribution in [0.3, 0.4) is 0 Å². The van der Waals surface area contributed by atoms with Gasteiger partial charge in [-0.2, -0.15) is 0 Å². The van der Waals surface area contributed by atoms with Crippen LogP contribution in [0, 0.1) is 12.3 Å². The number of anilines is 2. The van der Waals surface area contributed by atoms with E-state index in [-0.39, 0.29) is 5.91 Å². The Bertz CT molecular complexity index is 1380. The number of nitrogens with zero attached hydrogens (tertiary/aromatic N) is 3. The maximum Gasteiger partial charge on any atom is 0.251 e. The van der Waals surface area contributed by atoms with Gasteiger partial charge in [0.05, 0.1) is 29.0 Å². The number of allylic oxidation sites excluding steroid dienone is 1. The van der Waals surface area contributed by atoms with Crippen molar-refractivity contribution in [3.8, 4) is 0 Å². The number of amides is 1. The summed E-state index contributed by atoms with van der Waals surface area (Å²) in [6.45, 7) is 3.58. The molecule has 9 heteroatoms. The Labute approximate surface area is 229 Å². The third-order valence-electron chi connectivity index (χ3n) is 6.59. The number of halogens is 1. The highest BCUT2D eigenvalue weighted by atomic mass is 35.5. The summed E-state index contributed by atoms with van der Waals surface area (Å²) in [7, 11) is 6.01. The molecule has 4 rings (SSSR count). The molecule has 198 valence electrons. The Morgan fingerprint density at radius 1 is 1.18 bits per heavy atom. The van der Waals surface area contributed by atoms with E-state index in [4.69, 9.17) is 22.0 Å². The normalized spacial score (nSPS) is 14.3. The summed E-state index contributed by atoms with van der Waals surface area (Å²) in [6, 6.07) is 13.3. The molecule has 1 aliphatic carbocycles. The first-order valence-corrected chi connectivity index (χ1v) is 13.2. The molecule has 0 saturated heterocycles. The van der Waals surface area contributed by atoms with Crippen molar-refractivity contribution in [1.82, 2.24) is 20.2 Å². The standard InChI is InChI=1S/C29H34ClN7O/c1-18-8-5-6-9-21(18)27(32-2)25-23(31)12-10-20-17-34-29(36-26(20)25)35-24-13-11-19(16-22(24)30)28(38)33-14-7-15-37(3)4/h5-6,8-9,11,13,16-17,31-32H,7,10,12,14-15H2,1-4H3,(H,33,38)(H,34,35,36)/p+1/b27-25+,31-23?. The maximum atomic E-state index is 12.5. The van der Waals surface area contributed by atoms with Crippen LogP contribution in [0.15, 0.2) is 48.7 Å². The number of rotatable bonds is 9. The monoisotopic (exact) mass is 532 g/mol. The van der Waals surface area contributed by atoms with Gasteiger partial charge in [-0.25, -0.2) is 9.97 Å². The summed E-state index contributed by atoms with van der Waals surface area (Å²) in [5, 5.41) is 17.4. The molecule has 5 N–H and O–H groups in total. The number of hydrogen-bond acceptors (Lipinski definition) is 6. The van der Waals surface area contributed by atoms with E-state index in [1.165, 1.54) is 0 Å². The summed E-state index contributed by atoms with van der Waals surface area (Å²) in [5.74, 6) is 0.231. The van der Waals surface area contributed by atoms with Gasteiger partial charge >= 0.3 is 0 Å². The predicted octanol–water partition coefficient (Wildman–Crippen LogP) is 3.89. The van der Waals surface area contributed by atoms with Gasteiger partial charge in [0.1, 0.15) is 5.70 Å². The van der Waals surface area contributed by atoms with Gasteiger partial charge in [0.15, 0.2) is 0 Å². The Kier molecular flexibility index (Phi) is 8.89. The second kappa shape index (κ2) is 12.3. The lowest BCUT2D eigenvalue weighted by Gasteiger charge is -2.21. The first-order valence-electron chi connectivity index (χ1n) is 12.8. The van der Waals surface area contributed by atoms with Crippen LogP contribution in [-0.4, -0.2) is 60.7 Å². The van der Waals surface area contributed by atoms with E-state index in [0.717, 1.165) is 53.0 Å². The average Bonchev–Trinajstić information content (AvgIpc) is 2.90. The van der Waals surface area contributed by atoms with E-state index >= 15 is 0 Å².